The summed E-state index contributed by atoms with van der Waals surface area (Å²) in [7, 11) is -23.5. The first-order valence-electron chi connectivity index (χ1n) is 20.1. The SMILES string of the molecule is CCCC[N+](CCCC(CCC[N+](CCCS(=O)(=O)[O-])(CCCS(=O)(=O)O)CCCS(=O)(=O)O)C(=O)NCCC[Si](C)(C)O[SiH3])(CCCS(=O)(=O)[O-])CCCS(=O)(=O)O. The number of amides is 1. The van der Waals surface area contributed by atoms with Crippen molar-refractivity contribution in [1.82, 2.24) is 5.32 Å². The van der Waals surface area contributed by atoms with Crippen molar-refractivity contribution in [1.29, 1.82) is 0 Å². The van der Waals surface area contributed by atoms with Gasteiger partial charge in [-0.05, 0) is 57.7 Å². The number of carbonyl (C=O) groups excluding carboxylic acids is 1. The Morgan fingerprint density at radius 1 is 0.593 bits per heavy atom. The molecule has 2 atom stereocenters. The molecule has 20 nitrogen and oxygen atoms in total. The lowest BCUT2D eigenvalue weighted by Gasteiger charge is -2.40. The van der Waals surface area contributed by atoms with Crippen molar-refractivity contribution < 1.29 is 82.7 Å². The van der Waals surface area contributed by atoms with Gasteiger partial charge in [-0.15, -0.1) is 0 Å². The molecule has 0 radical (unpaired) electrons. The average molecular weight is 986 g/mol. The van der Waals surface area contributed by atoms with Gasteiger partial charge in [0.1, 0.15) is 10.5 Å². The van der Waals surface area contributed by atoms with Crippen LogP contribution < -0.4 is 5.32 Å². The van der Waals surface area contributed by atoms with E-state index in [2.05, 4.69) is 18.4 Å². The zero-order valence-corrected chi connectivity index (χ0v) is 42.2. The third-order valence-corrected chi connectivity index (χ3v) is 20.7. The normalized spacial score (nSPS) is 15.3. The molecule has 1 amide bonds. The van der Waals surface area contributed by atoms with Gasteiger partial charge in [0, 0.05) is 56.1 Å². The van der Waals surface area contributed by atoms with Gasteiger partial charge < -0.3 is 27.5 Å². The first kappa shape index (κ1) is 58.3. The van der Waals surface area contributed by atoms with E-state index in [-0.39, 0.29) is 92.7 Å². The Morgan fingerprint density at radius 2 is 0.915 bits per heavy atom. The monoisotopic (exact) mass is 985 g/mol. The number of unbranched alkanes of at least 4 members (excludes halogenated alkanes) is 1. The van der Waals surface area contributed by atoms with Crippen LogP contribution in [0.5, 0.6) is 0 Å². The second-order valence-corrected chi connectivity index (χ2v) is 29.7. The molecule has 0 aliphatic carbocycles. The molecule has 0 aliphatic heterocycles. The average Bonchev–Trinajstić information content (AvgIpc) is 3.05. The Balaban J connectivity index is 6.58. The minimum Gasteiger partial charge on any atom is -0.748 e. The molecular weight excluding hydrogens is 915 g/mol. The van der Waals surface area contributed by atoms with E-state index < -0.39 is 93.6 Å². The van der Waals surface area contributed by atoms with E-state index in [4.69, 9.17) is 4.12 Å². The van der Waals surface area contributed by atoms with Crippen LogP contribution in [0.2, 0.25) is 19.1 Å². The molecule has 27 heteroatoms. The van der Waals surface area contributed by atoms with E-state index in [9.17, 15) is 69.6 Å². The predicted octanol–water partition coefficient (Wildman–Crippen LogP) is 0.309. The van der Waals surface area contributed by atoms with Gasteiger partial charge in [-0.25, -0.2) is 16.8 Å². The number of hydrogen-bond acceptors (Lipinski definition) is 14. The molecule has 354 valence electrons. The van der Waals surface area contributed by atoms with Crippen molar-refractivity contribution in [2.75, 3.05) is 87.7 Å². The van der Waals surface area contributed by atoms with Gasteiger partial charge in [0.25, 0.3) is 30.4 Å². The third-order valence-electron chi connectivity index (χ3n) is 10.7. The lowest BCUT2D eigenvalue weighted by atomic mass is 9.95. The van der Waals surface area contributed by atoms with Gasteiger partial charge >= 0.3 is 0 Å². The van der Waals surface area contributed by atoms with Crippen LogP contribution in [0.15, 0.2) is 0 Å². The Bertz CT molecular complexity index is 1670. The quantitative estimate of drug-likeness (QED) is 0.0282. The van der Waals surface area contributed by atoms with E-state index in [0.717, 1.165) is 12.5 Å². The summed E-state index contributed by atoms with van der Waals surface area (Å²) in [4.78, 5) is 13.8. The third kappa shape index (κ3) is 32.6. The molecule has 0 saturated heterocycles. The second kappa shape index (κ2) is 26.8. The van der Waals surface area contributed by atoms with Crippen molar-refractivity contribution in [2.45, 2.75) is 103 Å². The molecule has 0 fully saturated rings. The highest BCUT2D eigenvalue weighted by Gasteiger charge is 2.32. The van der Waals surface area contributed by atoms with Gasteiger partial charge in [0.2, 0.25) is 5.91 Å². The zero-order chi connectivity index (χ0) is 45.7. The van der Waals surface area contributed by atoms with Crippen molar-refractivity contribution in [2.24, 2.45) is 5.92 Å². The number of rotatable bonds is 37. The highest BCUT2D eigenvalue weighted by atomic mass is 32.2. The summed E-state index contributed by atoms with van der Waals surface area (Å²) in [6.45, 7) is 8.27. The molecular formula is C32H71N3O17S5Si2. The standard InChI is InChI=1S/C32H71N3O17S5Si2/c1-4-5-17-34(20-9-25-53(37,38)39,21-10-26-54(40,41)42)18-6-14-31(32(36)33-16-8-30-59(2,3)52-58)15-7-19-35(22-11-27-55(43,44)45,23-12-28-56(46,47)48)24-13-29-57(49,50)51/h31H,4-30H2,1-3,58H3,(H4-2,33,36,37,38,39,40,41,42,43,44,45,46,47,48,49,50,51). The highest BCUT2D eigenvalue weighted by molar-refractivity contribution is 7.86. The fraction of sp³-hybridized carbons (Fsp3) is 0.969. The number of nitrogens with zero attached hydrogens (tertiary/aromatic N) is 2. The van der Waals surface area contributed by atoms with E-state index in [1.807, 2.05) is 6.92 Å². The van der Waals surface area contributed by atoms with Crippen molar-refractivity contribution in [3.63, 3.8) is 0 Å². The number of hydrogen-bond donors (Lipinski definition) is 4. The lowest BCUT2D eigenvalue weighted by molar-refractivity contribution is -0.928. The number of nitrogens with one attached hydrogen (secondary N) is 1. The van der Waals surface area contributed by atoms with E-state index in [1.54, 1.807) is 0 Å². The molecule has 0 rings (SSSR count). The van der Waals surface area contributed by atoms with Gasteiger partial charge in [0.05, 0.1) is 89.9 Å². The molecule has 2 unspecified atom stereocenters. The summed E-state index contributed by atoms with van der Waals surface area (Å²) >= 11 is 0. The Morgan fingerprint density at radius 3 is 1.22 bits per heavy atom. The molecule has 0 aromatic heterocycles. The summed E-state index contributed by atoms with van der Waals surface area (Å²) in [6, 6.07) is 0.813. The second-order valence-electron chi connectivity index (χ2n) is 16.3. The Kier molecular flexibility index (Phi) is 26.5. The first-order chi connectivity index (χ1) is 26.9. The van der Waals surface area contributed by atoms with E-state index in [1.165, 1.54) is 0 Å². The maximum atomic E-state index is 13.8. The minimum atomic E-state index is -4.63. The lowest BCUT2D eigenvalue weighted by Crippen LogP contribution is -2.52. The summed E-state index contributed by atoms with van der Waals surface area (Å²) in [5.41, 5.74) is 0. The Hall–Kier alpha value is -0.666. The molecule has 0 aromatic rings. The molecule has 0 aliphatic rings. The van der Waals surface area contributed by atoms with Crippen LogP contribution >= 0.6 is 0 Å². The van der Waals surface area contributed by atoms with Gasteiger partial charge in [-0.2, -0.15) is 25.3 Å². The van der Waals surface area contributed by atoms with Crippen LogP contribution in [-0.2, 0) is 59.5 Å². The predicted molar refractivity (Wildman–Crippen MR) is 229 cm³/mol. The topological polar surface area (TPSA) is 316 Å². The molecule has 0 aromatic carbocycles. The summed E-state index contributed by atoms with van der Waals surface area (Å²) in [5, 5.41) is 3.01. The number of carbonyl (C=O) groups is 1. The minimum absolute atomic E-state index is 0.0252. The molecule has 0 bridgehead atoms. The smallest absolute Gasteiger partial charge is 0.265 e. The van der Waals surface area contributed by atoms with Crippen molar-refractivity contribution in [3.8, 4) is 0 Å². The molecule has 4 N–H and O–H groups in total. The van der Waals surface area contributed by atoms with Gasteiger partial charge in [0.15, 0.2) is 8.32 Å². The van der Waals surface area contributed by atoms with Crippen LogP contribution in [0.1, 0.15) is 84.0 Å². The van der Waals surface area contributed by atoms with Gasteiger partial charge in [-0.1, -0.05) is 13.3 Å². The van der Waals surface area contributed by atoms with Gasteiger partial charge in [-0.3, -0.25) is 18.5 Å². The molecule has 0 spiro atoms. The summed E-state index contributed by atoms with van der Waals surface area (Å²) < 4.78 is 173. The fourth-order valence-electron chi connectivity index (χ4n) is 7.46. The maximum absolute atomic E-state index is 13.8. The zero-order valence-electron chi connectivity index (χ0n) is 35.2. The maximum Gasteiger partial charge on any atom is 0.265 e. The molecule has 0 saturated carbocycles. The van der Waals surface area contributed by atoms with Crippen LogP contribution in [0.25, 0.3) is 0 Å². The van der Waals surface area contributed by atoms with Crippen LogP contribution in [0.3, 0.4) is 0 Å². The molecule has 59 heavy (non-hydrogen) atoms. The fourth-order valence-corrected chi connectivity index (χ4v) is 11.8. The first-order valence-corrected chi connectivity index (χ1v) is 32.0. The van der Waals surface area contributed by atoms with Crippen LogP contribution in [0.4, 0.5) is 0 Å². The van der Waals surface area contributed by atoms with E-state index in [0.29, 0.717) is 62.2 Å². The van der Waals surface area contributed by atoms with Crippen LogP contribution in [-0.4, -0.2) is 186 Å². The summed E-state index contributed by atoms with van der Waals surface area (Å²) in [6.07, 6.45) is 3.26. The highest BCUT2D eigenvalue weighted by Crippen LogP contribution is 2.23. The van der Waals surface area contributed by atoms with E-state index >= 15 is 0 Å². The van der Waals surface area contributed by atoms with Crippen molar-refractivity contribution in [3.05, 3.63) is 0 Å². The molecule has 0 heterocycles. The summed E-state index contributed by atoms with van der Waals surface area (Å²) in [5.74, 6) is -3.97. The number of quaternary nitrogens is 2. The van der Waals surface area contributed by atoms with Crippen molar-refractivity contribution >= 4 is 75.3 Å². The Labute approximate surface area is 358 Å². The van der Waals surface area contributed by atoms with Crippen LogP contribution in [0, 0.1) is 5.92 Å². The largest absolute Gasteiger partial charge is 0.748 e.